The minimum absolute atomic E-state index is 0.180. The van der Waals surface area contributed by atoms with Crippen LogP contribution < -0.4 is 16.2 Å². The van der Waals surface area contributed by atoms with Crippen molar-refractivity contribution in [3.05, 3.63) is 35.4 Å². The number of hydrogen-bond acceptors (Lipinski definition) is 3. The third-order valence-corrected chi connectivity index (χ3v) is 6.27. The molecule has 1 saturated heterocycles. The summed E-state index contributed by atoms with van der Waals surface area (Å²) in [5.74, 6) is 1.16. The molecule has 0 spiro atoms. The SMILES string of the molecule is C[C@@H]1[C@@H](C)CCC[C@H]1NC(=S)NNC(=O)c1cccc(CN2CCCC2=O)c1. The Kier molecular flexibility index (Phi) is 6.88. The van der Waals surface area contributed by atoms with Crippen LogP contribution in [0.3, 0.4) is 0 Å². The van der Waals surface area contributed by atoms with E-state index in [1.54, 1.807) is 6.07 Å². The predicted octanol–water partition coefficient (Wildman–Crippen LogP) is 2.74. The summed E-state index contributed by atoms with van der Waals surface area (Å²) in [5.41, 5.74) is 6.98. The van der Waals surface area contributed by atoms with Crippen LogP contribution in [0.2, 0.25) is 0 Å². The number of thiocarbonyl (C=S) groups is 1. The van der Waals surface area contributed by atoms with Gasteiger partial charge in [-0.15, -0.1) is 0 Å². The van der Waals surface area contributed by atoms with Gasteiger partial charge in [0.05, 0.1) is 0 Å². The van der Waals surface area contributed by atoms with E-state index in [4.69, 9.17) is 12.2 Å². The number of carbonyl (C=O) groups is 2. The van der Waals surface area contributed by atoms with E-state index in [0.717, 1.165) is 24.9 Å². The summed E-state index contributed by atoms with van der Waals surface area (Å²) in [6.45, 7) is 5.86. The van der Waals surface area contributed by atoms with Crippen molar-refractivity contribution in [3.63, 3.8) is 0 Å². The Balaban J connectivity index is 1.49. The second-order valence-corrected chi connectivity index (χ2v) is 8.45. The summed E-state index contributed by atoms with van der Waals surface area (Å²) in [7, 11) is 0. The van der Waals surface area contributed by atoms with Crippen molar-refractivity contribution < 1.29 is 9.59 Å². The molecule has 2 aliphatic rings. The average molecular weight is 403 g/mol. The van der Waals surface area contributed by atoms with E-state index in [1.807, 2.05) is 23.1 Å². The van der Waals surface area contributed by atoms with Crippen LogP contribution in [-0.4, -0.2) is 34.4 Å². The van der Waals surface area contributed by atoms with Crippen LogP contribution in [0, 0.1) is 11.8 Å². The summed E-state index contributed by atoms with van der Waals surface area (Å²) in [6.07, 6.45) is 5.08. The van der Waals surface area contributed by atoms with Crippen LogP contribution in [0.15, 0.2) is 24.3 Å². The van der Waals surface area contributed by atoms with Gasteiger partial charge >= 0.3 is 0 Å². The normalized spacial score (nSPS) is 24.7. The Morgan fingerprint density at radius 3 is 2.79 bits per heavy atom. The van der Waals surface area contributed by atoms with Crippen molar-refractivity contribution >= 4 is 29.1 Å². The lowest BCUT2D eigenvalue weighted by atomic mass is 9.78. The first-order valence-corrected chi connectivity index (χ1v) is 10.6. The maximum atomic E-state index is 12.5. The number of rotatable bonds is 4. The van der Waals surface area contributed by atoms with Crippen molar-refractivity contribution in [1.29, 1.82) is 0 Å². The topological polar surface area (TPSA) is 73.5 Å². The summed E-state index contributed by atoms with van der Waals surface area (Å²) >= 11 is 5.35. The quantitative estimate of drug-likeness (QED) is 0.533. The summed E-state index contributed by atoms with van der Waals surface area (Å²) in [6, 6.07) is 7.69. The molecule has 2 fully saturated rings. The molecule has 3 atom stereocenters. The molecule has 3 rings (SSSR count). The highest BCUT2D eigenvalue weighted by Gasteiger charge is 2.27. The fraction of sp³-hybridized carbons (Fsp3) is 0.571. The summed E-state index contributed by atoms with van der Waals surface area (Å²) in [5, 5.41) is 3.77. The van der Waals surface area contributed by atoms with E-state index in [2.05, 4.69) is 30.0 Å². The molecular weight excluding hydrogens is 372 g/mol. The van der Waals surface area contributed by atoms with Crippen molar-refractivity contribution in [2.24, 2.45) is 11.8 Å². The van der Waals surface area contributed by atoms with Gasteiger partial charge in [0.1, 0.15) is 0 Å². The van der Waals surface area contributed by atoms with Gasteiger partial charge in [0, 0.05) is 31.1 Å². The highest BCUT2D eigenvalue weighted by Crippen LogP contribution is 2.29. The summed E-state index contributed by atoms with van der Waals surface area (Å²) in [4.78, 5) is 26.1. The minimum atomic E-state index is -0.246. The van der Waals surface area contributed by atoms with Crippen molar-refractivity contribution in [1.82, 2.24) is 21.1 Å². The van der Waals surface area contributed by atoms with Crippen LogP contribution in [0.4, 0.5) is 0 Å². The van der Waals surface area contributed by atoms with Gasteiger partial charge in [-0.2, -0.15) is 0 Å². The van der Waals surface area contributed by atoms with Gasteiger partial charge in [-0.1, -0.05) is 38.8 Å². The zero-order valence-electron chi connectivity index (χ0n) is 16.7. The molecule has 0 radical (unpaired) electrons. The molecule has 1 aliphatic heterocycles. The Morgan fingerprint density at radius 1 is 1.21 bits per heavy atom. The molecule has 1 heterocycles. The van der Waals surface area contributed by atoms with Gasteiger partial charge in [0.2, 0.25) is 5.91 Å². The highest BCUT2D eigenvalue weighted by atomic mass is 32.1. The summed E-state index contributed by atoms with van der Waals surface area (Å²) < 4.78 is 0. The second-order valence-electron chi connectivity index (χ2n) is 8.05. The van der Waals surface area contributed by atoms with Crippen LogP contribution in [-0.2, 0) is 11.3 Å². The fourth-order valence-corrected chi connectivity index (χ4v) is 4.28. The maximum absolute atomic E-state index is 12.5. The zero-order chi connectivity index (χ0) is 20.1. The number of amides is 2. The number of nitrogens with zero attached hydrogens (tertiary/aromatic N) is 1. The monoisotopic (exact) mass is 402 g/mol. The molecule has 1 saturated carbocycles. The fourth-order valence-electron chi connectivity index (χ4n) is 4.08. The van der Waals surface area contributed by atoms with Crippen LogP contribution in [0.5, 0.6) is 0 Å². The van der Waals surface area contributed by atoms with Crippen molar-refractivity contribution in [2.45, 2.75) is 58.5 Å². The van der Waals surface area contributed by atoms with Gasteiger partial charge in [-0.25, -0.2) is 0 Å². The number of benzene rings is 1. The molecule has 152 valence electrons. The van der Waals surface area contributed by atoms with Gasteiger partial charge in [-0.3, -0.25) is 20.4 Å². The van der Waals surface area contributed by atoms with Gasteiger partial charge in [0.25, 0.3) is 5.91 Å². The molecule has 1 aromatic rings. The Morgan fingerprint density at radius 2 is 2.04 bits per heavy atom. The van der Waals surface area contributed by atoms with Crippen LogP contribution in [0.1, 0.15) is 61.9 Å². The van der Waals surface area contributed by atoms with Crippen LogP contribution in [0.25, 0.3) is 0 Å². The van der Waals surface area contributed by atoms with Gasteiger partial charge < -0.3 is 10.2 Å². The lowest BCUT2D eigenvalue weighted by molar-refractivity contribution is -0.128. The van der Waals surface area contributed by atoms with Crippen molar-refractivity contribution in [2.75, 3.05) is 6.54 Å². The third kappa shape index (κ3) is 5.22. The molecule has 6 nitrogen and oxygen atoms in total. The molecule has 7 heteroatoms. The Bertz CT molecular complexity index is 739. The maximum Gasteiger partial charge on any atom is 0.269 e. The number of hydrogen-bond donors (Lipinski definition) is 3. The molecular formula is C21H30N4O2S. The van der Waals surface area contributed by atoms with Crippen molar-refractivity contribution in [3.8, 4) is 0 Å². The van der Waals surface area contributed by atoms with E-state index in [1.165, 1.54) is 12.8 Å². The van der Waals surface area contributed by atoms with Gasteiger partial charge in [-0.05, 0) is 54.6 Å². The van der Waals surface area contributed by atoms with E-state index in [9.17, 15) is 9.59 Å². The number of hydrazine groups is 1. The molecule has 3 N–H and O–H groups in total. The highest BCUT2D eigenvalue weighted by molar-refractivity contribution is 7.80. The molecule has 28 heavy (non-hydrogen) atoms. The smallest absolute Gasteiger partial charge is 0.269 e. The predicted molar refractivity (Wildman–Crippen MR) is 113 cm³/mol. The van der Waals surface area contributed by atoms with E-state index in [-0.39, 0.29) is 11.8 Å². The first kappa shape index (κ1) is 20.6. The lowest BCUT2D eigenvalue weighted by Gasteiger charge is -2.35. The number of likely N-dealkylation sites (tertiary alicyclic amines) is 1. The Hall–Kier alpha value is -2.15. The van der Waals surface area contributed by atoms with E-state index >= 15 is 0 Å². The third-order valence-electron chi connectivity index (χ3n) is 6.05. The first-order valence-electron chi connectivity index (χ1n) is 10.2. The molecule has 0 bridgehead atoms. The molecule has 2 amide bonds. The number of nitrogens with one attached hydrogen (secondary N) is 3. The minimum Gasteiger partial charge on any atom is -0.358 e. The lowest BCUT2D eigenvalue weighted by Crippen LogP contribution is -2.52. The average Bonchev–Trinajstić information content (AvgIpc) is 3.08. The standard InChI is InChI=1S/C21H30N4O2S/c1-14-6-3-9-18(15(14)2)22-21(28)24-23-20(27)17-8-4-7-16(12-17)13-25-11-5-10-19(25)26/h4,7-8,12,14-15,18H,3,5-6,9-11,13H2,1-2H3,(H,23,27)(H2,22,24,28)/t14-,15+,18+/m0/s1. The van der Waals surface area contributed by atoms with Gasteiger partial charge in [0.15, 0.2) is 5.11 Å². The van der Waals surface area contributed by atoms with E-state index in [0.29, 0.717) is 41.5 Å². The molecule has 1 aromatic carbocycles. The molecule has 0 unspecified atom stereocenters. The second kappa shape index (κ2) is 9.37. The zero-order valence-corrected chi connectivity index (χ0v) is 17.5. The largest absolute Gasteiger partial charge is 0.358 e. The molecule has 1 aliphatic carbocycles. The first-order chi connectivity index (χ1) is 13.4. The Labute approximate surface area is 172 Å². The number of carbonyl (C=O) groups excluding carboxylic acids is 2. The van der Waals surface area contributed by atoms with E-state index < -0.39 is 0 Å². The molecule has 0 aromatic heterocycles. The van der Waals surface area contributed by atoms with Crippen LogP contribution >= 0.6 is 12.2 Å².